The summed E-state index contributed by atoms with van der Waals surface area (Å²) >= 11 is 0. The number of aryl methyl sites for hydroxylation is 1. The highest BCUT2D eigenvalue weighted by molar-refractivity contribution is 5.87. The maximum Gasteiger partial charge on any atom is 0.220 e. The Hall–Kier alpha value is -2.88. The second-order valence-electron chi connectivity index (χ2n) is 8.66. The number of pyridine rings is 1. The number of benzene rings is 2. The van der Waals surface area contributed by atoms with Crippen LogP contribution in [0.25, 0.3) is 22.0 Å². The molecule has 0 saturated carbocycles. The van der Waals surface area contributed by atoms with Crippen LogP contribution in [0.1, 0.15) is 63.5 Å². The third-order valence-corrected chi connectivity index (χ3v) is 6.22. The molecular formula is C27H35N3O. The predicted molar refractivity (Wildman–Crippen MR) is 131 cm³/mol. The van der Waals surface area contributed by atoms with Gasteiger partial charge in [0.1, 0.15) is 5.82 Å². The molecule has 0 bridgehead atoms. The van der Waals surface area contributed by atoms with Gasteiger partial charge in [-0.15, -0.1) is 0 Å². The maximum absolute atomic E-state index is 12.5. The first-order valence-corrected chi connectivity index (χ1v) is 11.5. The van der Waals surface area contributed by atoms with Gasteiger partial charge in [-0.3, -0.25) is 4.79 Å². The lowest BCUT2D eigenvalue weighted by Gasteiger charge is -2.18. The van der Waals surface area contributed by atoms with Crippen LogP contribution >= 0.6 is 0 Å². The van der Waals surface area contributed by atoms with Crippen molar-refractivity contribution < 1.29 is 4.79 Å². The highest BCUT2D eigenvalue weighted by Gasteiger charge is 2.17. The Balaban J connectivity index is 1.78. The van der Waals surface area contributed by atoms with E-state index in [9.17, 15) is 4.79 Å². The fraction of sp³-hybridized carbons (Fsp3) is 0.407. The van der Waals surface area contributed by atoms with Gasteiger partial charge >= 0.3 is 0 Å². The molecule has 2 atom stereocenters. The zero-order chi connectivity index (χ0) is 22.4. The van der Waals surface area contributed by atoms with Crippen molar-refractivity contribution in [3.63, 3.8) is 0 Å². The Kier molecular flexibility index (Phi) is 7.67. The number of nitrogen functional groups attached to an aromatic ring is 1. The van der Waals surface area contributed by atoms with Gasteiger partial charge in [0.25, 0.3) is 0 Å². The molecule has 3 rings (SSSR count). The van der Waals surface area contributed by atoms with Gasteiger partial charge < -0.3 is 11.1 Å². The number of aromatic nitrogens is 1. The molecule has 31 heavy (non-hydrogen) atoms. The molecule has 1 aromatic heterocycles. The van der Waals surface area contributed by atoms with Crippen molar-refractivity contribution in [2.24, 2.45) is 5.92 Å². The zero-order valence-electron chi connectivity index (χ0n) is 19.2. The lowest BCUT2D eigenvalue weighted by molar-refractivity contribution is -0.121. The van der Waals surface area contributed by atoms with E-state index in [0.29, 0.717) is 18.2 Å². The molecule has 0 aliphatic carbocycles. The summed E-state index contributed by atoms with van der Waals surface area (Å²) in [5.74, 6) is 1.14. The van der Waals surface area contributed by atoms with E-state index >= 15 is 0 Å². The van der Waals surface area contributed by atoms with Crippen molar-refractivity contribution in [1.29, 1.82) is 0 Å². The number of carbonyl (C=O) groups excluding carboxylic acids is 1. The number of hydrogen-bond donors (Lipinski definition) is 2. The Morgan fingerprint density at radius 3 is 2.61 bits per heavy atom. The number of nitrogens with zero attached hydrogens (tertiary/aromatic N) is 1. The van der Waals surface area contributed by atoms with Crippen molar-refractivity contribution in [2.45, 2.75) is 59.3 Å². The van der Waals surface area contributed by atoms with E-state index in [1.54, 1.807) is 0 Å². The van der Waals surface area contributed by atoms with E-state index in [2.05, 4.69) is 73.5 Å². The Morgan fingerprint density at radius 2 is 1.90 bits per heavy atom. The number of hydrogen-bond acceptors (Lipinski definition) is 3. The van der Waals surface area contributed by atoms with Gasteiger partial charge in [-0.25, -0.2) is 4.98 Å². The van der Waals surface area contributed by atoms with Crippen LogP contribution in [-0.2, 0) is 4.79 Å². The highest BCUT2D eigenvalue weighted by atomic mass is 16.1. The summed E-state index contributed by atoms with van der Waals surface area (Å²) < 4.78 is 0. The van der Waals surface area contributed by atoms with Gasteiger partial charge in [0.05, 0.1) is 5.52 Å². The van der Waals surface area contributed by atoms with Crippen molar-refractivity contribution in [1.82, 2.24) is 10.3 Å². The quantitative estimate of drug-likeness (QED) is 0.434. The minimum atomic E-state index is 0.00488. The minimum Gasteiger partial charge on any atom is -0.383 e. The maximum atomic E-state index is 12.5. The first-order chi connectivity index (χ1) is 14.9. The largest absolute Gasteiger partial charge is 0.383 e. The molecule has 3 aromatic rings. The van der Waals surface area contributed by atoms with Gasteiger partial charge in [0.2, 0.25) is 5.91 Å². The summed E-state index contributed by atoms with van der Waals surface area (Å²) in [5, 5.41) is 4.16. The van der Waals surface area contributed by atoms with Crippen LogP contribution in [0.4, 0.5) is 5.82 Å². The summed E-state index contributed by atoms with van der Waals surface area (Å²) in [4.78, 5) is 17.1. The fourth-order valence-electron chi connectivity index (χ4n) is 4.24. The summed E-state index contributed by atoms with van der Waals surface area (Å²) in [5.41, 5.74) is 11.7. The lowest BCUT2D eigenvalue weighted by Crippen LogP contribution is -2.30. The van der Waals surface area contributed by atoms with Crippen LogP contribution in [-0.4, -0.2) is 17.4 Å². The molecule has 0 saturated heterocycles. The third kappa shape index (κ3) is 5.63. The van der Waals surface area contributed by atoms with Gasteiger partial charge in [-0.2, -0.15) is 0 Å². The molecular weight excluding hydrogens is 382 g/mol. The highest BCUT2D eigenvalue weighted by Crippen LogP contribution is 2.31. The molecule has 1 heterocycles. The molecule has 1 amide bonds. The standard InChI is InChI=1S/C27H35N3O/c1-5-9-20(6-2)17-29-26(31)14-19(4)24-16-22-15-21(12-13-25(22)30-27(24)28)23-11-8-7-10-18(23)3/h7-8,10-13,15-16,19-20H,5-6,9,14,17H2,1-4H3,(H2,28,30)(H,29,31). The first-order valence-electron chi connectivity index (χ1n) is 11.5. The van der Waals surface area contributed by atoms with E-state index < -0.39 is 0 Å². The van der Waals surface area contributed by atoms with Gasteiger partial charge in [-0.1, -0.05) is 63.9 Å². The monoisotopic (exact) mass is 417 g/mol. The smallest absolute Gasteiger partial charge is 0.220 e. The number of nitrogens with two attached hydrogens (primary N) is 1. The number of rotatable bonds is 9. The van der Waals surface area contributed by atoms with E-state index in [4.69, 9.17) is 5.73 Å². The molecule has 164 valence electrons. The normalized spacial score (nSPS) is 13.2. The van der Waals surface area contributed by atoms with E-state index in [0.717, 1.165) is 47.8 Å². The van der Waals surface area contributed by atoms with E-state index in [1.807, 2.05) is 13.0 Å². The molecule has 3 N–H and O–H groups in total. The molecule has 0 radical (unpaired) electrons. The molecule has 2 aromatic carbocycles. The Labute approximate surface area is 186 Å². The second kappa shape index (κ2) is 10.4. The number of carbonyl (C=O) groups is 1. The molecule has 4 heteroatoms. The van der Waals surface area contributed by atoms with E-state index in [1.165, 1.54) is 11.1 Å². The van der Waals surface area contributed by atoms with Crippen molar-refractivity contribution >= 4 is 22.6 Å². The number of amides is 1. The van der Waals surface area contributed by atoms with Crippen LogP contribution in [0, 0.1) is 12.8 Å². The van der Waals surface area contributed by atoms with Crippen molar-refractivity contribution in [3.8, 4) is 11.1 Å². The summed E-state index contributed by atoms with van der Waals surface area (Å²) in [6.07, 6.45) is 3.80. The summed E-state index contributed by atoms with van der Waals surface area (Å²) in [6.45, 7) is 9.29. The zero-order valence-corrected chi connectivity index (χ0v) is 19.2. The topological polar surface area (TPSA) is 68.0 Å². The fourth-order valence-corrected chi connectivity index (χ4v) is 4.24. The summed E-state index contributed by atoms with van der Waals surface area (Å²) in [6, 6.07) is 16.7. The number of anilines is 1. The average molecular weight is 418 g/mol. The molecule has 0 aliphatic heterocycles. The lowest BCUT2D eigenvalue weighted by atomic mass is 9.94. The molecule has 0 aliphatic rings. The number of nitrogens with one attached hydrogen (secondary N) is 1. The van der Waals surface area contributed by atoms with Gasteiger partial charge in [0, 0.05) is 18.4 Å². The minimum absolute atomic E-state index is 0.00488. The SMILES string of the molecule is CCCC(CC)CNC(=O)CC(C)c1cc2cc(-c3ccccc3C)ccc2nc1N. The van der Waals surface area contributed by atoms with Crippen LogP contribution in [0.15, 0.2) is 48.5 Å². The Morgan fingerprint density at radius 1 is 1.13 bits per heavy atom. The van der Waals surface area contributed by atoms with Gasteiger partial charge in [-0.05, 0) is 65.6 Å². The van der Waals surface area contributed by atoms with Gasteiger partial charge in [0.15, 0.2) is 0 Å². The van der Waals surface area contributed by atoms with Crippen LogP contribution in [0.5, 0.6) is 0 Å². The van der Waals surface area contributed by atoms with Crippen LogP contribution in [0.2, 0.25) is 0 Å². The van der Waals surface area contributed by atoms with E-state index in [-0.39, 0.29) is 11.8 Å². The molecule has 2 unspecified atom stereocenters. The second-order valence-corrected chi connectivity index (χ2v) is 8.66. The first kappa shape index (κ1) is 22.8. The predicted octanol–water partition coefficient (Wildman–Crippen LogP) is 6.23. The van der Waals surface area contributed by atoms with Crippen molar-refractivity contribution in [3.05, 3.63) is 59.7 Å². The third-order valence-electron chi connectivity index (χ3n) is 6.22. The van der Waals surface area contributed by atoms with Crippen LogP contribution < -0.4 is 11.1 Å². The Bertz CT molecular complexity index is 1040. The molecule has 4 nitrogen and oxygen atoms in total. The number of fused-ring (bicyclic) bond motifs is 1. The summed E-state index contributed by atoms with van der Waals surface area (Å²) in [7, 11) is 0. The average Bonchev–Trinajstić information content (AvgIpc) is 2.76. The van der Waals surface area contributed by atoms with Crippen molar-refractivity contribution in [2.75, 3.05) is 12.3 Å². The molecule has 0 fully saturated rings. The molecule has 0 spiro atoms. The van der Waals surface area contributed by atoms with Crippen LogP contribution in [0.3, 0.4) is 0 Å².